The molecule has 4 rings (SSSR count). The molecule has 132 valence electrons. The summed E-state index contributed by atoms with van der Waals surface area (Å²) in [5, 5.41) is 12.1. The highest BCUT2D eigenvalue weighted by Crippen LogP contribution is 2.37. The van der Waals surface area contributed by atoms with Crippen LogP contribution in [0.4, 0.5) is 0 Å². The van der Waals surface area contributed by atoms with E-state index >= 15 is 0 Å². The molecule has 2 unspecified atom stereocenters. The Balaban J connectivity index is 1.87. The zero-order valence-corrected chi connectivity index (χ0v) is 14.9. The summed E-state index contributed by atoms with van der Waals surface area (Å²) >= 11 is 0. The van der Waals surface area contributed by atoms with Crippen LogP contribution in [0.3, 0.4) is 0 Å². The predicted molar refractivity (Wildman–Crippen MR) is 104 cm³/mol. The van der Waals surface area contributed by atoms with Crippen LogP contribution in [0.25, 0.3) is 10.8 Å². The Morgan fingerprint density at radius 2 is 1.77 bits per heavy atom. The lowest BCUT2D eigenvalue weighted by Gasteiger charge is -2.33. The second-order valence-corrected chi connectivity index (χ2v) is 7.10. The van der Waals surface area contributed by atoms with Gasteiger partial charge in [0.15, 0.2) is 0 Å². The lowest BCUT2D eigenvalue weighted by molar-refractivity contribution is -0.142. The monoisotopic (exact) mass is 345 g/mol. The van der Waals surface area contributed by atoms with E-state index in [9.17, 15) is 9.90 Å². The number of nitrogens with zero attached hydrogens (tertiary/aromatic N) is 1. The summed E-state index contributed by atoms with van der Waals surface area (Å²) < 4.78 is 0. The van der Waals surface area contributed by atoms with Crippen molar-refractivity contribution in [2.24, 2.45) is 0 Å². The van der Waals surface area contributed by atoms with Crippen molar-refractivity contribution in [1.82, 2.24) is 4.90 Å². The number of aryl methyl sites for hydroxylation is 1. The molecule has 0 aliphatic carbocycles. The van der Waals surface area contributed by atoms with Crippen molar-refractivity contribution in [2.75, 3.05) is 6.54 Å². The van der Waals surface area contributed by atoms with Gasteiger partial charge in [0.2, 0.25) is 0 Å². The largest absolute Gasteiger partial charge is 0.480 e. The lowest BCUT2D eigenvalue weighted by Crippen LogP contribution is -2.39. The minimum Gasteiger partial charge on any atom is -0.480 e. The van der Waals surface area contributed by atoms with Gasteiger partial charge in [0.1, 0.15) is 6.04 Å². The molecule has 3 aromatic carbocycles. The Hall–Kier alpha value is -2.65. The van der Waals surface area contributed by atoms with Gasteiger partial charge in [0, 0.05) is 6.54 Å². The summed E-state index contributed by atoms with van der Waals surface area (Å²) in [6.07, 6.45) is 1.64. The van der Waals surface area contributed by atoms with Crippen molar-refractivity contribution < 1.29 is 9.90 Å². The van der Waals surface area contributed by atoms with Gasteiger partial charge in [-0.25, -0.2) is 0 Å². The maximum absolute atomic E-state index is 11.8. The number of likely N-dealkylation sites (tertiary alicyclic amines) is 1. The average molecular weight is 345 g/mol. The first-order chi connectivity index (χ1) is 12.6. The Morgan fingerprint density at radius 1 is 1.04 bits per heavy atom. The fourth-order valence-electron chi connectivity index (χ4n) is 4.18. The summed E-state index contributed by atoms with van der Waals surface area (Å²) in [6.45, 7) is 2.91. The molecule has 1 fully saturated rings. The third-order valence-electron chi connectivity index (χ3n) is 5.48. The molecular formula is C23H23NO2. The van der Waals surface area contributed by atoms with Crippen LogP contribution in [0.15, 0.2) is 66.7 Å². The van der Waals surface area contributed by atoms with Gasteiger partial charge in [0.05, 0.1) is 6.04 Å². The number of carboxylic acids is 1. The Morgan fingerprint density at radius 3 is 2.54 bits per heavy atom. The van der Waals surface area contributed by atoms with Crippen LogP contribution in [-0.4, -0.2) is 28.6 Å². The molecule has 0 amide bonds. The predicted octanol–water partition coefficient (Wildman–Crippen LogP) is 4.79. The van der Waals surface area contributed by atoms with Gasteiger partial charge in [-0.15, -0.1) is 0 Å². The number of carbonyl (C=O) groups is 1. The minimum atomic E-state index is -0.720. The molecule has 1 heterocycles. The number of carboxylic acid groups (broad SMARTS) is 1. The number of aliphatic carboxylic acids is 1. The number of hydrogen-bond donors (Lipinski definition) is 1. The van der Waals surface area contributed by atoms with E-state index in [1.807, 2.05) is 24.3 Å². The first-order valence-corrected chi connectivity index (χ1v) is 9.18. The molecule has 0 saturated carbocycles. The molecule has 3 aromatic rings. The van der Waals surface area contributed by atoms with Crippen molar-refractivity contribution in [2.45, 2.75) is 31.8 Å². The highest BCUT2D eigenvalue weighted by Gasteiger charge is 2.37. The van der Waals surface area contributed by atoms with Gasteiger partial charge in [0.25, 0.3) is 0 Å². The van der Waals surface area contributed by atoms with Crippen molar-refractivity contribution in [3.63, 3.8) is 0 Å². The van der Waals surface area contributed by atoms with E-state index in [4.69, 9.17) is 0 Å². The number of hydrogen-bond acceptors (Lipinski definition) is 2. The molecule has 2 atom stereocenters. The van der Waals surface area contributed by atoms with Crippen LogP contribution >= 0.6 is 0 Å². The zero-order valence-electron chi connectivity index (χ0n) is 14.9. The molecule has 1 aliphatic heterocycles. The van der Waals surface area contributed by atoms with Crippen molar-refractivity contribution in [3.8, 4) is 0 Å². The standard InChI is InChI=1S/C23H23NO2/c1-16-7-2-5-10-20(16)22(24-14-6-11-21(24)23(25)26)19-13-12-17-8-3-4-9-18(17)15-19/h2-5,7-10,12-13,15,21-22H,6,11,14H2,1H3,(H,25,26). The van der Waals surface area contributed by atoms with Crippen LogP contribution in [0, 0.1) is 6.92 Å². The third kappa shape index (κ3) is 2.99. The van der Waals surface area contributed by atoms with E-state index in [1.165, 1.54) is 21.9 Å². The van der Waals surface area contributed by atoms with Crippen molar-refractivity contribution in [3.05, 3.63) is 83.4 Å². The van der Waals surface area contributed by atoms with Gasteiger partial charge in [-0.05, 0) is 53.3 Å². The first kappa shape index (κ1) is 16.8. The summed E-state index contributed by atoms with van der Waals surface area (Å²) in [6, 6.07) is 22.7. The van der Waals surface area contributed by atoms with Crippen LogP contribution in [0.5, 0.6) is 0 Å². The first-order valence-electron chi connectivity index (χ1n) is 9.18. The molecule has 1 saturated heterocycles. The molecule has 0 spiro atoms. The van der Waals surface area contributed by atoms with Crippen molar-refractivity contribution >= 4 is 16.7 Å². The summed E-state index contributed by atoms with van der Waals surface area (Å²) in [5.74, 6) is -0.720. The SMILES string of the molecule is Cc1ccccc1C(c1ccc2ccccc2c1)N1CCCC1C(=O)O. The zero-order chi connectivity index (χ0) is 18.1. The molecular weight excluding hydrogens is 322 g/mol. The van der Waals surface area contributed by atoms with Crippen LogP contribution in [-0.2, 0) is 4.79 Å². The number of benzene rings is 3. The topological polar surface area (TPSA) is 40.5 Å². The average Bonchev–Trinajstić information content (AvgIpc) is 3.13. The molecule has 3 heteroatoms. The highest BCUT2D eigenvalue weighted by molar-refractivity contribution is 5.83. The van der Waals surface area contributed by atoms with E-state index in [1.54, 1.807) is 0 Å². The van der Waals surface area contributed by atoms with Crippen LogP contribution in [0.2, 0.25) is 0 Å². The molecule has 0 radical (unpaired) electrons. The highest BCUT2D eigenvalue weighted by atomic mass is 16.4. The fraction of sp³-hybridized carbons (Fsp3) is 0.261. The maximum atomic E-state index is 11.8. The molecule has 1 aliphatic rings. The van der Waals surface area contributed by atoms with Gasteiger partial charge < -0.3 is 5.11 Å². The van der Waals surface area contributed by atoms with Crippen LogP contribution < -0.4 is 0 Å². The quantitative estimate of drug-likeness (QED) is 0.739. The fourth-order valence-corrected chi connectivity index (χ4v) is 4.18. The second kappa shape index (κ2) is 6.93. The Bertz CT molecular complexity index is 950. The summed E-state index contributed by atoms with van der Waals surface area (Å²) in [7, 11) is 0. The normalized spacial score (nSPS) is 18.9. The third-order valence-corrected chi connectivity index (χ3v) is 5.48. The molecule has 3 nitrogen and oxygen atoms in total. The van der Waals surface area contributed by atoms with Gasteiger partial charge in [-0.1, -0.05) is 60.7 Å². The number of fused-ring (bicyclic) bond motifs is 1. The Kier molecular flexibility index (Phi) is 4.48. The smallest absolute Gasteiger partial charge is 0.320 e. The van der Waals surface area contributed by atoms with Gasteiger partial charge >= 0.3 is 5.97 Å². The van der Waals surface area contributed by atoms with Crippen LogP contribution in [0.1, 0.15) is 35.6 Å². The lowest BCUT2D eigenvalue weighted by atomic mass is 9.91. The molecule has 1 N–H and O–H groups in total. The summed E-state index contributed by atoms with van der Waals surface area (Å²) in [5.41, 5.74) is 3.55. The minimum absolute atomic E-state index is 0.0376. The van der Waals surface area contributed by atoms with Gasteiger partial charge in [-0.2, -0.15) is 0 Å². The molecule has 0 bridgehead atoms. The van der Waals surface area contributed by atoms with E-state index < -0.39 is 12.0 Å². The number of rotatable bonds is 4. The Labute approximate surface area is 153 Å². The van der Waals surface area contributed by atoms with Gasteiger partial charge in [-0.3, -0.25) is 9.69 Å². The molecule has 0 aromatic heterocycles. The van der Waals surface area contributed by atoms with E-state index in [0.717, 1.165) is 18.5 Å². The van der Waals surface area contributed by atoms with E-state index in [2.05, 4.69) is 54.3 Å². The van der Waals surface area contributed by atoms with E-state index in [0.29, 0.717) is 6.42 Å². The van der Waals surface area contributed by atoms with Crippen molar-refractivity contribution in [1.29, 1.82) is 0 Å². The molecule has 26 heavy (non-hydrogen) atoms. The van der Waals surface area contributed by atoms with E-state index in [-0.39, 0.29) is 6.04 Å². The second-order valence-electron chi connectivity index (χ2n) is 7.10. The summed E-state index contributed by atoms with van der Waals surface area (Å²) in [4.78, 5) is 14.0. The maximum Gasteiger partial charge on any atom is 0.320 e.